The first-order chi connectivity index (χ1) is 13.0. The standard InChI is InChI=1S/C19H17Cl2N3O2S/c1-12(19-24-16(11-27-19)13-3-2-7-22-10-13)23-18(25)6-8-26-17-5-4-14(20)9-15(17)21/h2-5,7,9-12H,6,8H2,1H3,(H,23,25). The fourth-order valence-corrected chi connectivity index (χ4v) is 3.65. The zero-order chi connectivity index (χ0) is 19.2. The SMILES string of the molecule is CC(NC(=O)CCOc1ccc(Cl)cc1Cl)c1nc(-c2cccnc2)cs1. The van der Waals surface area contributed by atoms with Crippen molar-refractivity contribution in [1.29, 1.82) is 0 Å². The van der Waals surface area contributed by atoms with Crippen LogP contribution in [0.4, 0.5) is 0 Å². The van der Waals surface area contributed by atoms with Crippen molar-refractivity contribution in [3.8, 4) is 17.0 Å². The molecule has 0 saturated heterocycles. The van der Waals surface area contributed by atoms with Gasteiger partial charge in [-0.3, -0.25) is 9.78 Å². The molecule has 27 heavy (non-hydrogen) atoms. The maximum absolute atomic E-state index is 12.2. The first kappa shape index (κ1) is 19.6. The molecule has 0 aliphatic heterocycles. The van der Waals surface area contributed by atoms with Crippen molar-refractivity contribution in [2.24, 2.45) is 0 Å². The second-order valence-corrected chi connectivity index (χ2v) is 7.51. The Hall–Kier alpha value is -2.15. The molecule has 0 saturated carbocycles. The molecular formula is C19H17Cl2N3O2S. The molecule has 140 valence electrons. The molecule has 1 aromatic carbocycles. The van der Waals surface area contributed by atoms with Gasteiger partial charge in [-0.2, -0.15) is 0 Å². The number of benzene rings is 1. The summed E-state index contributed by atoms with van der Waals surface area (Å²) in [5, 5.41) is 6.68. The van der Waals surface area contributed by atoms with Gasteiger partial charge in [0.15, 0.2) is 0 Å². The molecule has 8 heteroatoms. The Morgan fingerprint density at radius 1 is 1.33 bits per heavy atom. The number of ether oxygens (including phenoxy) is 1. The molecule has 3 aromatic rings. The Bertz CT molecular complexity index is 918. The van der Waals surface area contributed by atoms with Gasteiger partial charge in [0.25, 0.3) is 0 Å². The van der Waals surface area contributed by atoms with Gasteiger partial charge >= 0.3 is 0 Å². The minimum atomic E-state index is -0.188. The number of hydrogen-bond donors (Lipinski definition) is 1. The van der Waals surface area contributed by atoms with Crippen molar-refractivity contribution in [1.82, 2.24) is 15.3 Å². The maximum atomic E-state index is 12.2. The Morgan fingerprint density at radius 2 is 2.19 bits per heavy atom. The molecule has 0 bridgehead atoms. The van der Waals surface area contributed by atoms with Gasteiger partial charge in [0.2, 0.25) is 5.91 Å². The molecule has 1 amide bonds. The predicted molar refractivity (Wildman–Crippen MR) is 108 cm³/mol. The Balaban J connectivity index is 1.50. The van der Waals surface area contributed by atoms with Crippen LogP contribution in [0.1, 0.15) is 24.4 Å². The van der Waals surface area contributed by atoms with E-state index in [1.807, 2.05) is 24.4 Å². The van der Waals surface area contributed by atoms with Crippen molar-refractivity contribution < 1.29 is 9.53 Å². The number of nitrogens with one attached hydrogen (secondary N) is 1. The second kappa shape index (κ2) is 9.17. The highest BCUT2D eigenvalue weighted by Crippen LogP contribution is 2.28. The Morgan fingerprint density at radius 3 is 2.93 bits per heavy atom. The van der Waals surface area contributed by atoms with E-state index in [9.17, 15) is 4.79 Å². The summed E-state index contributed by atoms with van der Waals surface area (Å²) in [4.78, 5) is 20.8. The monoisotopic (exact) mass is 421 g/mol. The van der Waals surface area contributed by atoms with E-state index in [-0.39, 0.29) is 25.0 Å². The zero-order valence-electron chi connectivity index (χ0n) is 14.5. The quantitative estimate of drug-likeness (QED) is 0.572. The summed E-state index contributed by atoms with van der Waals surface area (Å²) in [7, 11) is 0. The minimum Gasteiger partial charge on any atom is -0.491 e. The van der Waals surface area contributed by atoms with E-state index in [4.69, 9.17) is 27.9 Å². The Labute approximate surface area is 171 Å². The largest absolute Gasteiger partial charge is 0.491 e. The van der Waals surface area contributed by atoms with E-state index in [0.717, 1.165) is 16.3 Å². The van der Waals surface area contributed by atoms with E-state index in [2.05, 4.69) is 15.3 Å². The third kappa shape index (κ3) is 5.42. The molecule has 2 aromatic heterocycles. The fourth-order valence-electron chi connectivity index (χ4n) is 2.35. The summed E-state index contributed by atoms with van der Waals surface area (Å²) in [6, 6.07) is 8.60. The number of nitrogens with zero attached hydrogens (tertiary/aromatic N) is 2. The number of amides is 1. The third-order valence-corrected chi connectivity index (χ3v) is 5.27. The average Bonchev–Trinajstić information content (AvgIpc) is 3.14. The molecule has 1 N–H and O–H groups in total. The van der Waals surface area contributed by atoms with Crippen molar-refractivity contribution in [2.75, 3.05) is 6.61 Å². The number of rotatable bonds is 7. The second-order valence-electron chi connectivity index (χ2n) is 5.78. The van der Waals surface area contributed by atoms with Crippen molar-refractivity contribution in [2.45, 2.75) is 19.4 Å². The molecular weight excluding hydrogens is 405 g/mol. The predicted octanol–water partition coefficient (Wildman–Crippen LogP) is 5.16. The number of halogens is 2. The normalized spacial score (nSPS) is 11.8. The van der Waals surface area contributed by atoms with Gasteiger partial charge in [0.05, 0.1) is 29.8 Å². The number of hydrogen-bond acceptors (Lipinski definition) is 5. The molecule has 0 aliphatic rings. The van der Waals surface area contributed by atoms with E-state index >= 15 is 0 Å². The lowest BCUT2D eigenvalue weighted by Gasteiger charge is -2.12. The van der Waals surface area contributed by atoms with Gasteiger partial charge in [-0.1, -0.05) is 23.2 Å². The minimum absolute atomic E-state index is 0.120. The number of pyridine rings is 1. The molecule has 2 heterocycles. The smallest absolute Gasteiger partial charge is 0.223 e. The van der Waals surface area contributed by atoms with Crippen LogP contribution >= 0.6 is 34.5 Å². The van der Waals surface area contributed by atoms with Gasteiger partial charge in [-0.15, -0.1) is 11.3 Å². The molecule has 0 spiro atoms. The molecule has 1 atom stereocenters. The molecule has 0 aliphatic carbocycles. The van der Waals surface area contributed by atoms with Gasteiger partial charge in [0.1, 0.15) is 10.8 Å². The highest BCUT2D eigenvalue weighted by Gasteiger charge is 2.14. The Kier molecular flexibility index (Phi) is 6.66. The van der Waals surface area contributed by atoms with Crippen LogP contribution in [-0.2, 0) is 4.79 Å². The van der Waals surface area contributed by atoms with Crippen molar-refractivity contribution in [3.63, 3.8) is 0 Å². The van der Waals surface area contributed by atoms with Crippen LogP contribution in [0.3, 0.4) is 0 Å². The van der Waals surface area contributed by atoms with Gasteiger partial charge < -0.3 is 10.1 Å². The number of thiazole rings is 1. The van der Waals surface area contributed by atoms with E-state index in [1.165, 1.54) is 11.3 Å². The molecule has 0 fully saturated rings. The van der Waals surface area contributed by atoms with Gasteiger partial charge in [-0.25, -0.2) is 4.98 Å². The summed E-state index contributed by atoms with van der Waals surface area (Å²) in [5.41, 5.74) is 1.80. The molecule has 1 unspecified atom stereocenters. The zero-order valence-corrected chi connectivity index (χ0v) is 16.8. The van der Waals surface area contributed by atoms with Crippen LogP contribution < -0.4 is 10.1 Å². The van der Waals surface area contributed by atoms with Crippen LogP contribution in [0.5, 0.6) is 5.75 Å². The summed E-state index contributed by atoms with van der Waals surface area (Å²) in [6.45, 7) is 2.12. The van der Waals surface area contributed by atoms with E-state index in [1.54, 1.807) is 30.6 Å². The highest BCUT2D eigenvalue weighted by molar-refractivity contribution is 7.10. The number of carbonyl (C=O) groups is 1. The van der Waals surface area contributed by atoms with Crippen LogP contribution in [0.15, 0.2) is 48.1 Å². The van der Waals surface area contributed by atoms with Crippen LogP contribution in [0.2, 0.25) is 10.0 Å². The number of carbonyl (C=O) groups excluding carboxylic acids is 1. The summed E-state index contributed by atoms with van der Waals surface area (Å²) >= 11 is 13.4. The lowest BCUT2D eigenvalue weighted by atomic mass is 10.2. The average molecular weight is 422 g/mol. The molecule has 0 radical (unpaired) electrons. The number of aromatic nitrogens is 2. The van der Waals surface area contributed by atoms with E-state index in [0.29, 0.717) is 15.8 Å². The first-order valence-electron chi connectivity index (χ1n) is 8.26. The summed E-state index contributed by atoms with van der Waals surface area (Å²) < 4.78 is 5.54. The first-order valence-corrected chi connectivity index (χ1v) is 9.89. The third-order valence-electron chi connectivity index (χ3n) is 3.71. The van der Waals surface area contributed by atoms with Crippen LogP contribution in [0, 0.1) is 0 Å². The summed E-state index contributed by atoms with van der Waals surface area (Å²) in [6.07, 6.45) is 3.70. The summed E-state index contributed by atoms with van der Waals surface area (Å²) in [5.74, 6) is 0.383. The highest BCUT2D eigenvalue weighted by atomic mass is 35.5. The van der Waals surface area contributed by atoms with Gasteiger partial charge in [0, 0.05) is 28.4 Å². The van der Waals surface area contributed by atoms with Crippen LogP contribution in [-0.4, -0.2) is 22.5 Å². The fraction of sp³-hybridized carbons (Fsp3) is 0.211. The lowest BCUT2D eigenvalue weighted by molar-refractivity contribution is -0.122. The van der Waals surface area contributed by atoms with Crippen LogP contribution in [0.25, 0.3) is 11.3 Å². The van der Waals surface area contributed by atoms with Gasteiger partial charge in [-0.05, 0) is 37.3 Å². The molecule has 3 rings (SSSR count). The maximum Gasteiger partial charge on any atom is 0.223 e. The lowest BCUT2D eigenvalue weighted by Crippen LogP contribution is -2.27. The van der Waals surface area contributed by atoms with Crippen molar-refractivity contribution in [3.05, 3.63) is 63.2 Å². The van der Waals surface area contributed by atoms with E-state index < -0.39 is 0 Å². The van der Waals surface area contributed by atoms with Crippen molar-refractivity contribution >= 4 is 40.4 Å². The molecule has 5 nitrogen and oxygen atoms in total. The topological polar surface area (TPSA) is 64.1 Å².